The second kappa shape index (κ2) is 4.33. The van der Waals surface area contributed by atoms with E-state index in [9.17, 15) is 4.79 Å². The first kappa shape index (κ1) is 10.6. The maximum Gasteiger partial charge on any atom is 0.248 e. The number of carbonyl (C=O) groups is 1. The quantitative estimate of drug-likeness (QED) is 0.692. The van der Waals surface area contributed by atoms with Gasteiger partial charge in [-0.1, -0.05) is 0 Å². The van der Waals surface area contributed by atoms with Gasteiger partial charge >= 0.3 is 0 Å². The van der Waals surface area contributed by atoms with Crippen LogP contribution in [0.5, 0.6) is 0 Å². The van der Waals surface area contributed by atoms with Crippen LogP contribution in [-0.4, -0.2) is 26.7 Å². The summed E-state index contributed by atoms with van der Waals surface area (Å²) >= 11 is 0. The van der Waals surface area contributed by atoms with Gasteiger partial charge in [0, 0.05) is 6.42 Å². The predicted molar refractivity (Wildman–Crippen MR) is 58.3 cm³/mol. The Morgan fingerprint density at radius 3 is 3.19 bits per heavy atom. The van der Waals surface area contributed by atoms with E-state index >= 15 is 0 Å². The molecule has 1 aliphatic carbocycles. The highest BCUT2D eigenvalue weighted by Crippen LogP contribution is 2.33. The van der Waals surface area contributed by atoms with Crippen molar-refractivity contribution in [1.82, 2.24) is 14.8 Å². The number of nitrogens with one attached hydrogen (secondary N) is 1. The molecule has 6 nitrogen and oxygen atoms in total. The number of hydrogen-bond acceptors (Lipinski definition) is 4. The molecule has 0 bridgehead atoms. The molecule has 0 saturated heterocycles. The van der Waals surface area contributed by atoms with Crippen LogP contribution in [0, 0.1) is 12.3 Å². The van der Waals surface area contributed by atoms with E-state index in [1.165, 1.54) is 0 Å². The van der Waals surface area contributed by atoms with Gasteiger partial charge in [-0.3, -0.25) is 10.1 Å². The molecular weight excluding hydrogens is 206 g/mol. The van der Waals surface area contributed by atoms with Crippen LogP contribution < -0.4 is 11.1 Å². The number of carbonyl (C=O) groups excluding carboxylic acids is 1. The second-order valence-electron chi connectivity index (χ2n) is 3.78. The van der Waals surface area contributed by atoms with Crippen LogP contribution in [-0.2, 0) is 4.79 Å². The average Bonchev–Trinajstić information content (AvgIpc) is 3.01. The maximum absolute atomic E-state index is 11.5. The maximum atomic E-state index is 11.5. The third-order valence-corrected chi connectivity index (χ3v) is 2.34. The van der Waals surface area contributed by atoms with E-state index in [0.717, 1.165) is 12.8 Å². The highest BCUT2D eigenvalue weighted by atomic mass is 16.2. The number of anilines is 1. The van der Waals surface area contributed by atoms with E-state index in [1.807, 2.05) is 0 Å². The van der Waals surface area contributed by atoms with Crippen molar-refractivity contribution in [3.8, 4) is 12.3 Å². The minimum Gasteiger partial charge on any atom is -0.319 e. The molecule has 1 amide bonds. The Morgan fingerprint density at radius 2 is 2.56 bits per heavy atom. The van der Waals surface area contributed by atoms with Crippen molar-refractivity contribution in [1.29, 1.82) is 0 Å². The summed E-state index contributed by atoms with van der Waals surface area (Å²) < 4.78 is 1.75. The van der Waals surface area contributed by atoms with E-state index in [2.05, 4.69) is 21.3 Å². The Kier molecular flexibility index (Phi) is 2.88. The van der Waals surface area contributed by atoms with Crippen LogP contribution in [0.15, 0.2) is 6.33 Å². The lowest BCUT2D eigenvalue weighted by atomic mass is 10.2. The van der Waals surface area contributed by atoms with E-state index in [4.69, 9.17) is 12.2 Å². The molecule has 1 aliphatic rings. The Balaban J connectivity index is 1.92. The first-order valence-electron chi connectivity index (χ1n) is 5.11. The van der Waals surface area contributed by atoms with Crippen molar-refractivity contribution < 1.29 is 4.79 Å². The molecule has 1 saturated carbocycles. The van der Waals surface area contributed by atoms with E-state index in [0.29, 0.717) is 6.04 Å². The van der Waals surface area contributed by atoms with Crippen LogP contribution in [0.2, 0.25) is 0 Å². The molecule has 0 radical (unpaired) electrons. The summed E-state index contributed by atoms with van der Waals surface area (Å²) in [5, 5.41) is 6.65. The van der Waals surface area contributed by atoms with Gasteiger partial charge in [-0.15, -0.1) is 17.4 Å². The van der Waals surface area contributed by atoms with Gasteiger partial charge in [-0.2, -0.15) is 0 Å². The van der Waals surface area contributed by atoms with Gasteiger partial charge in [0.1, 0.15) is 6.33 Å². The van der Waals surface area contributed by atoms with Crippen LogP contribution in [0.4, 0.5) is 5.95 Å². The van der Waals surface area contributed by atoms with Crippen LogP contribution in [0.3, 0.4) is 0 Å². The Hall–Kier alpha value is -1.87. The number of rotatable bonds is 4. The molecule has 84 valence electrons. The van der Waals surface area contributed by atoms with Crippen LogP contribution >= 0.6 is 0 Å². The minimum atomic E-state index is -0.710. The van der Waals surface area contributed by atoms with Crippen LogP contribution in [0.25, 0.3) is 0 Å². The lowest BCUT2D eigenvalue weighted by Crippen LogP contribution is -2.35. The third kappa shape index (κ3) is 2.38. The lowest BCUT2D eigenvalue weighted by molar-refractivity contribution is -0.117. The Morgan fingerprint density at radius 1 is 1.81 bits per heavy atom. The first-order chi connectivity index (χ1) is 7.70. The summed E-state index contributed by atoms with van der Waals surface area (Å²) in [5.74, 6) is 2.26. The van der Waals surface area contributed by atoms with Gasteiger partial charge in [0.25, 0.3) is 0 Å². The number of nitrogens with zero attached hydrogens (tertiary/aromatic N) is 3. The molecule has 2 rings (SSSR count). The normalized spacial score (nSPS) is 16.5. The van der Waals surface area contributed by atoms with Gasteiger partial charge in [-0.25, -0.2) is 9.67 Å². The van der Waals surface area contributed by atoms with E-state index < -0.39 is 6.04 Å². The molecule has 0 aromatic carbocycles. The van der Waals surface area contributed by atoms with Gasteiger partial charge in [0.05, 0.1) is 12.1 Å². The monoisotopic (exact) mass is 219 g/mol. The van der Waals surface area contributed by atoms with Crippen molar-refractivity contribution in [2.75, 3.05) is 5.32 Å². The van der Waals surface area contributed by atoms with Crippen molar-refractivity contribution in [2.24, 2.45) is 5.73 Å². The highest BCUT2D eigenvalue weighted by molar-refractivity contribution is 5.93. The minimum absolute atomic E-state index is 0.204. The van der Waals surface area contributed by atoms with Crippen molar-refractivity contribution in [3.63, 3.8) is 0 Å². The molecule has 1 fully saturated rings. The smallest absolute Gasteiger partial charge is 0.248 e. The summed E-state index contributed by atoms with van der Waals surface area (Å²) in [6.45, 7) is 0. The number of hydrogen-bond donors (Lipinski definition) is 2. The SMILES string of the molecule is C#CC[C@H](N)C(=O)Nc1ncn(C2CC2)n1. The number of amides is 1. The van der Waals surface area contributed by atoms with Gasteiger partial charge in [0.2, 0.25) is 11.9 Å². The summed E-state index contributed by atoms with van der Waals surface area (Å²) in [6.07, 6.45) is 9.12. The molecule has 1 aromatic rings. The highest BCUT2D eigenvalue weighted by Gasteiger charge is 2.25. The predicted octanol–water partition coefficient (Wildman–Crippen LogP) is -0.0979. The average molecular weight is 219 g/mol. The van der Waals surface area contributed by atoms with Crippen LogP contribution in [0.1, 0.15) is 25.3 Å². The molecule has 1 heterocycles. The lowest BCUT2D eigenvalue weighted by Gasteiger charge is -2.05. The van der Waals surface area contributed by atoms with Gasteiger partial charge < -0.3 is 5.73 Å². The van der Waals surface area contributed by atoms with E-state index in [-0.39, 0.29) is 18.3 Å². The zero-order chi connectivity index (χ0) is 11.5. The number of aromatic nitrogens is 3. The molecule has 16 heavy (non-hydrogen) atoms. The zero-order valence-electron chi connectivity index (χ0n) is 8.76. The summed E-state index contributed by atoms with van der Waals surface area (Å²) in [4.78, 5) is 15.4. The molecule has 1 aromatic heterocycles. The molecule has 0 aliphatic heterocycles. The fraction of sp³-hybridized carbons (Fsp3) is 0.500. The molecule has 0 unspecified atom stereocenters. The van der Waals surface area contributed by atoms with Crippen molar-refractivity contribution >= 4 is 11.9 Å². The van der Waals surface area contributed by atoms with Crippen molar-refractivity contribution in [3.05, 3.63) is 6.33 Å². The van der Waals surface area contributed by atoms with Gasteiger partial charge in [0.15, 0.2) is 0 Å². The van der Waals surface area contributed by atoms with Crippen molar-refractivity contribution in [2.45, 2.75) is 31.3 Å². The molecule has 3 N–H and O–H groups in total. The summed E-state index contributed by atoms with van der Waals surface area (Å²) in [5.41, 5.74) is 5.54. The standard InChI is InChI=1S/C10H13N5O/c1-2-3-8(11)9(16)13-10-12-6-15(14-10)7-4-5-7/h1,6-8H,3-5,11H2,(H,13,14,16)/t8-/m0/s1. The second-order valence-corrected chi connectivity index (χ2v) is 3.78. The largest absolute Gasteiger partial charge is 0.319 e. The van der Waals surface area contributed by atoms with E-state index in [1.54, 1.807) is 11.0 Å². The fourth-order valence-corrected chi connectivity index (χ4v) is 1.27. The molecule has 6 heteroatoms. The third-order valence-electron chi connectivity index (χ3n) is 2.34. The molecule has 1 atom stereocenters. The number of terminal acetylenes is 1. The number of nitrogens with two attached hydrogens (primary N) is 1. The Bertz CT molecular complexity index is 429. The summed E-state index contributed by atoms with van der Waals surface area (Å²) in [6, 6.07) is -0.268. The first-order valence-corrected chi connectivity index (χ1v) is 5.11. The topological polar surface area (TPSA) is 85.8 Å². The van der Waals surface area contributed by atoms with Gasteiger partial charge in [-0.05, 0) is 12.8 Å². The summed E-state index contributed by atoms with van der Waals surface area (Å²) in [7, 11) is 0. The molecule has 0 spiro atoms. The Labute approximate surface area is 93.2 Å². The molecular formula is C10H13N5O. The fourth-order valence-electron chi connectivity index (χ4n) is 1.27. The zero-order valence-corrected chi connectivity index (χ0v) is 8.76.